The number of dihydropyridines is 1. The monoisotopic (exact) mass is 325 g/mol. The number of fused-ring (bicyclic) bond motifs is 3. The van der Waals surface area contributed by atoms with Gasteiger partial charge in [-0.05, 0) is 30.0 Å². The van der Waals surface area contributed by atoms with E-state index in [0.29, 0.717) is 18.7 Å². The summed E-state index contributed by atoms with van der Waals surface area (Å²) in [5, 5.41) is 0. The summed E-state index contributed by atoms with van der Waals surface area (Å²) in [5.41, 5.74) is 2.27. The summed E-state index contributed by atoms with van der Waals surface area (Å²) < 4.78 is 13.9. The van der Waals surface area contributed by atoms with Crippen LogP contribution in [0.4, 0.5) is 0 Å². The summed E-state index contributed by atoms with van der Waals surface area (Å²) >= 11 is 0. The Balaban J connectivity index is 1.35. The van der Waals surface area contributed by atoms with Crippen molar-refractivity contribution in [2.75, 3.05) is 6.61 Å². The van der Waals surface area contributed by atoms with Crippen molar-refractivity contribution >= 4 is 17.2 Å². The lowest BCUT2D eigenvalue weighted by Crippen LogP contribution is -2.27. The Bertz CT molecular complexity index is 814. The lowest BCUT2D eigenvalue weighted by Gasteiger charge is -2.28. The molecule has 2 aromatic rings. The van der Waals surface area contributed by atoms with Gasteiger partial charge < -0.3 is 9.47 Å². The molecule has 5 heteroatoms. The maximum Gasteiger partial charge on any atom is 0.297 e. The van der Waals surface area contributed by atoms with Gasteiger partial charge in [0.15, 0.2) is 6.10 Å². The molecule has 2 atom stereocenters. The summed E-state index contributed by atoms with van der Waals surface area (Å²) in [5.74, 6) is 0.841. The van der Waals surface area contributed by atoms with Crippen LogP contribution < -0.4 is 4.74 Å². The first-order valence-corrected chi connectivity index (χ1v) is 8.49. The van der Waals surface area contributed by atoms with Gasteiger partial charge in [-0.2, -0.15) is 4.98 Å². The molecule has 0 saturated carbocycles. The third-order valence-corrected chi connectivity index (χ3v) is 4.64. The van der Waals surface area contributed by atoms with E-state index >= 15 is 0 Å². The minimum Gasteiger partial charge on any atom is -0.488 e. The predicted molar refractivity (Wildman–Crippen MR) is 94.5 cm³/mol. The topological polar surface area (TPSA) is 48.6 Å². The Morgan fingerprint density at radius 2 is 2.12 bits per heavy atom. The van der Waals surface area contributed by atoms with E-state index in [1.165, 1.54) is 0 Å². The fourth-order valence-corrected chi connectivity index (χ4v) is 3.16. The Kier molecular flexibility index (Phi) is 3.59. The van der Waals surface area contributed by atoms with Crippen LogP contribution in [0.1, 0.15) is 27.2 Å². The molecule has 0 spiro atoms. The number of hydrogen-bond acceptors (Lipinski definition) is 4. The number of hydrogen-bond donors (Lipinski definition) is 0. The van der Waals surface area contributed by atoms with Crippen LogP contribution in [0.2, 0.25) is 0 Å². The molecule has 0 N–H and O–H groups in total. The number of nitrogens with zero attached hydrogens (tertiary/aromatic N) is 3. The van der Waals surface area contributed by atoms with Gasteiger partial charge in [-0.25, -0.2) is 0 Å². The summed E-state index contributed by atoms with van der Waals surface area (Å²) in [6.45, 7) is 7.92. The fraction of sp³-hybridized carbons (Fsp3) is 0.474. The van der Waals surface area contributed by atoms with E-state index in [-0.39, 0.29) is 11.5 Å². The van der Waals surface area contributed by atoms with Crippen LogP contribution in [-0.4, -0.2) is 34.5 Å². The number of allylic oxidation sites excluding steroid dienone is 1. The van der Waals surface area contributed by atoms with E-state index < -0.39 is 0 Å². The zero-order chi connectivity index (χ0) is 16.7. The average Bonchev–Trinajstić information content (AvgIpc) is 3.10. The SMILES string of the molecule is CC(C)(C)C1CC=C(OC[C@@H]2Cn3c(nc4ccccc43)O2)C=N1. The molecular weight excluding hydrogens is 302 g/mol. The van der Waals surface area contributed by atoms with Gasteiger partial charge in [0, 0.05) is 0 Å². The molecule has 0 aliphatic carbocycles. The molecule has 0 radical (unpaired) electrons. The number of imidazole rings is 1. The largest absolute Gasteiger partial charge is 0.488 e. The average molecular weight is 325 g/mol. The number of aliphatic imine (C=N–C) groups is 1. The van der Waals surface area contributed by atoms with Crippen LogP contribution in [-0.2, 0) is 11.3 Å². The number of aromatic nitrogens is 2. The zero-order valence-corrected chi connectivity index (χ0v) is 14.4. The second-order valence-corrected chi connectivity index (χ2v) is 7.55. The fourth-order valence-electron chi connectivity index (χ4n) is 3.16. The molecule has 0 fully saturated rings. The molecule has 5 nitrogen and oxygen atoms in total. The van der Waals surface area contributed by atoms with Crippen LogP contribution in [0.3, 0.4) is 0 Å². The van der Waals surface area contributed by atoms with E-state index in [4.69, 9.17) is 9.47 Å². The molecule has 4 rings (SSSR count). The van der Waals surface area contributed by atoms with Crippen molar-refractivity contribution < 1.29 is 9.47 Å². The predicted octanol–water partition coefficient (Wildman–Crippen LogP) is 3.59. The minimum absolute atomic E-state index is 0.00764. The van der Waals surface area contributed by atoms with Crippen molar-refractivity contribution in [3.63, 3.8) is 0 Å². The lowest BCUT2D eigenvalue weighted by molar-refractivity contribution is 0.107. The van der Waals surface area contributed by atoms with E-state index in [0.717, 1.165) is 29.8 Å². The lowest BCUT2D eigenvalue weighted by atomic mass is 9.84. The quantitative estimate of drug-likeness (QED) is 0.866. The number of ether oxygens (including phenoxy) is 2. The molecular formula is C19H23N3O2. The maximum atomic E-state index is 5.91. The van der Waals surface area contributed by atoms with Crippen molar-refractivity contribution in [2.24, 2.45) is 10.4 Å². The van der Waals surface area contributed by atoms with Crippen LogP contribution in [0.25, 0.3) is 11.0 Å². The first-order chi connectivity index (χ1) is 11.5. The number of rotatable bonds is 3. The van der Waals surface area contributed by atoms with Gasteiger partial charge in [0.05, 0.1) is 29.8 Å². The van der Waals surface area contributed by atoms with Gasteiger partial charge in [0.2, 0.25) is 0 Å². The molecule has 1 aromatic carbocycles. The molecule has 2 aliphatic rings. The summed E-state index contributed by atoms with van der Waals surface area (Å²) in [4.78, 5) is 9.14. The van der Waals surface area contributed by atoms with E-state index in [9.17, 15) is 0 Å². The van der Waals surface area contributed by atoms with E-state index in [1.54, 1.807) is 0 Å². The Morgan fingerprint density at radius 3 is 2.88 bits per heavy atom. The molecule has 1 aromatic heterocycles. The van der Waals surface area contributed by atoms with Crippen molar-refractivity contribution in [2.45, 2.75) is 45.9 Å². The first-order valence-electron chi connectivity index (χ1n) is 8.49. The Hall–Kier alpha value is -2.30. The third kappa shape index (κ3) is 2.79. The number of para-hydroxylation sites is 2. The summed E-state index contributed by atoms with van der Waals surface area (Å²) in [7, 11) is 0. The molecule has 126 valence electrons. The summed E-state index contributed by atoms with van der Waals surface area (Å²) in [6.07, 6.45) is 4.90. The van der Waals surface area contributed by atoms with Gasteiger partial charge in [-0.15, -0.1) is 0 Å². The molecule has 2 aliphatic heterocycles. The van der Waals surface area contributed by atoms with Crippen LogP contribution >= 0.6 is 0 Å². The van der Waals surface area contributed by atoms with E-state index in [2.05, 4.69) is 47.5 Å². The van der Waals surface area contributed by atoms with E-state index in [1.807, 2.05) is 24.4 Å². The third-order valence-electron chi connectivity index (χ3n) is 4.64. The molecule has 0 bridgehead atoms. The van der Waals surface area contributed by atoms with Gasteiger partial charge in [-0.1, -0.05) is 32.9 Å². The highest BCUT2D eigenvalue weighted by atomic mass is 16.6. The van der Waals surface area contributed by atoms with Crippen molar-refractivity contribution in [3.05, 3.63) is 36.1 Å². The van der Waals surface area contributed by atoms with Gasteiger partial charge in [-0.3, -0.25) is 9.56 Å². The Labute approximate surface area is 142 Å². The molecule has 3 heterocycles. The highest BCUT2D eigenvalue weighted by molar-refractivity contribution is 5.77. The Morgan fingerprint density at radius 1 is 1.29 bits per heavy atom. The molecule has 0 amide bonds. The van der Waals surface area contributed by atoms with Gasteiger partial charge >= 0.3 is 0 Å². The molecule has 0 saturated heterocycles. The normalized spacial score (nSPS) is 23.0. The zero-order valence-electron chi connectivity index (χ0n) is 14.4. The molecule has 24 heavy (non-hydrogen) atoms. The smallest absolute Gasteiger partial charge is 0.297 e. The van der Waals surface area contributed by atoms with Crippen molar-refractivity contribution in [1.29, 1.82) is 0 Å². The highest BCUT2D eigenvalue weighted by Crippen LogP contribution is 2.29. The second-order valence-electron chi connectivity index (χ2n) is 7.55. The van der Waals surface area contributed by atoms with Crippen LogP contribution in [0, 0.1) is 5.41 Å². The minimum atomic E-state index is -0.00764. The van der Waals surface area contributed by atoms with Gasteiger partial charge in [0.1, 0.15) is 12.4 Å². The maximum absolute atomic E-state index is 5.91. The highest BCUT2D eigenvalue weighted by Gasteiger charge is 2.28. The van der Waals surface area contributed by atoms with Crippen molar-refractivity contribution in [3.8, 4) is 6.01 Å². The van der Waals surface area contributed by atoms with Crippen LogP contribution in [0.15, 0.2) is 41.1 Å². The standard InChI is InChI=1S/C19H23N3O2/c1-19(2,3)17-9-8-13(10-20-17)23-12-14-11-22-16-7-5-4-6-15(16)21-18(22)24-14/h4-8,10,14,17H,9,11-12H2,1-3H3/t14-,17?/m0/s1. The summed E-state index contributed by atoms with van der Waals surface area (Å²) in [6, 6.07) is 9.10. The number of benzene rings is 1. The van der Waals surface area contributed by atoms with Gasteiger partial charge in [0.25, 0.3) is 6.01 Å². The van der Waals surface area contributed by atoms with Crippen LogP contribution in [0.5, 0.6) is 6.01 Å². The first kappa shape index (κ1) is 15.2. The molecule has 1 unspecified atom stereocenters. The van der Waals surface area contributed by atoms with Crippen molar-refractivity contribution in [1.82, 2.24) is 9.55 Å². The second kappa shape index (κ2) is 5.65.